The lowest BCUT2D eigenvalue weighted by Gasteiger charge is -2.10. The summed E-state index contributed by atoms with van der Waals surface area (Å²) in [6.07, 6.45) is 4.97. The molecule has 0 saturated carbocycles. The number of carboxylic acids is 1. The minimum absolute atomic E-state index is 0.255. The van der Waals surface area contributed by atoms with Gasteiger partial charge in [0.2, 0.25) is 6.41 Å². The molecule has 0 bridgehead atoms. The smallest absolute Gasteiger partial charge is 0.326 e. The summed E-state index contributed by atoms with van der Waals surface area (Å²) in [6.45, 7) is 0.255. The highest BCUT2D eigenvalue weighted by atomic mass is 32.2. The maximum atomic E-state index is 10.7. The van der Waals surface area contributed by atoms with Crippen LogP contribution < -0.4 is 5.32 Å². The molecular formula is C11H21NO4S. The number of thioether (sulfide) groups is 1. The summed E-state index contributed by atoms with van der Waals surface area (Å²) in [5, 5.41) is 19.6. The number of unbranched alkanes of at least 4 members (excludes halogenated alkanes) is 3. The van der Waals surface area contributed by atoms with Gasteiger partial charge in [0.15, 0.2) is 0 Å². The van der Waals surface area contributed by atoms with Crippen LogP contribution in [0.25, 0.3) is 0 Å². The zero-order valence-corrected chi connectivity index (χ0v) is 10.7. The number of aliphatic hydroxyl groups excluding tert-OH is 1. The standard InChI is InChI=1S/C11H21NO4S/c13-6-3-1-2-4-7-17-8-5-10(11(15)16)12-9-14/h9-10,13H,1-8H2,(H,12,14)(H,15,16). The Labute approximate surface area is 106 Å². The van der Waals surface area contributed by atoms with Crippen molar-refractivity contribution < 1.29 is 19.8 Å². The molecule has 1 amide bonds. The van der Waals surface area contributed by atoms with Crippen LogP contribution in [0, 0.1) is 0 Å². The molecule has 0 aliphatic rings. The third-order valence-corrected chi connectivity index (χ3v) is 3.42. The predicted molar refractivity (Wildman–Crippen MR) is 68.1 cm³/mol. The van der Waals surface area contributed by atoms with Gasteiger partial charge < -0.3 is 15.5 Å². The molecule has 0 aromatic heterocycles. The summed E-state index contributed by atoms with van der Waals surface area (Å²) >= 11 is 1.70. The summed E-state index contributed by atoms with van der Waals surface area (Å²) in [5.41, 5.74) is 0. The minimum atomic E-state index is -0.986. The first kappa shape index (κ1) is 16.2. The Balaban J connectivity index is 3.36. The lowest BCUT2D eigenvalue weighted by Crippen LogP contribution is -2.36. The molecule has 5 nitrogen and oxygen atoms in total. The van der Waals surface area contributed by atoms with Gasteiger partial charge in [0.25, 0.3) is 0 Å². The van der Waals surface area contributed by atoms with E-state index in [0.717, 1.165) is 37.2 Å². The second-order valence-electron chi connectivity index (χ2n) is 3.71. The molecule has 1 atom stereocenters. The first-order chi connectivity index (χ1) is 8.22. The van der Waals surface area contributed by atoms with E-state index >= 15 is 0 Å². The van der Waals surface area contributed by atoms with Gasteiger partial charge in [-0.3, -0.25) is 4.79 Å². The maximum absolute atomic E-state index is 10.7. The molecule has 0 rings (SSSR count). The number of aliphatic carboxylic acids is 1. The molecule has 0 aromatic rings. The van der Waals surface area contributed by atoms with Crippen LogP contribution >= 0.6 is 11.8 Å². The first-order valence-electron chi connectivity index (χ1n) is 5.83. The Morgan fingerprint density at radius 1 is 1.24 bits per heavy atom. The zero-order chi connectivity index (χ0) is 12.9. The largest absolute Gasteiger partial charge is 0.480 e. The van der Waals surface area contributed by atoms with Gasteiger partial charge >= 0.3 is 5.97 Å². The summed E-state index contributed by atoms with van der Waals surface area (Å²) < 4.78 is 0. The fourth-order valence-electron chi connectivity index (χ4n) is 1.33. The third-order valence-electron chi connectivity index (χ3n) is 2.31. The van der Waals surface area contributed by atoms with Gasteiger partial charge in [0.05, 0.1) is 0 Å². The molecular weight excluding hydrogens is 242 g/mol. The molecule has 0 saturated heterocycles. The van der Waals surface area contributed by atoms with E-state index in [1.165, 1.54) is 0 Å². The molecule has 0 aliphatic carbocycles. The van der Waals surface area contributed by atoms with Crippen LogP contribution in [0.1, 0.15) is 32.1 Å². The fraction of sp³-hybridized carbons (Fsp3) is 0.818. The van der Waals surface area contributed by atoms with Gasteiger partial charge in [-0.25, -0.2) is 4.79 Å². The van der Waals surface area contributed by atoms with Crippen molar-refractivity contribution in [1.29, 1.82) is 0 Å². The Morgan fingerprint density at radius 3 is 2.53 bits per heavy atom. The van der Waals surface area contributed by atoms with E-state index in [0.29, 0.717) is 12.8 Å². The SMILES string of the molecule is O=CNC(CCSCCCCCCO)C(=O)O. The number of amides is 1. The summed E-state index contributed by atoms with van der Waals surface area (Å²) in [6, 6.07) is -0.769. The number of nitrogens with one attached hydrogen (secondary N) is 1. The van der Waals surface area contributed by atoms with Crippen LogP contribution in [-0.4, -0.2) is 46.7 Å². The molecule has 0 aliphatic heterocycles. The normalized spacial score (nSPS) is 12.1. The molecule has 1 unspecified atom stereocenters. The number of carbonyl (C=O) groups excluding carboxylic acids is 1. The topological polar surface area (TPSA) is 86.6 Å². The van der Waals surface area contributed by atoms with Crippen LogP contribution in [0.5, 0.6) is 0 Å². The van der Waals surface area contributed by atoms with Gasteiger partial charge in [-0.15, -0.1) is 0 Å². The molecule has 6 heteroatoms. The highest BCUT2D eigenvalue weighted by Crippen LogP contribution is 2.10. The predicted octanol–water partition coefficient (Wildman–Crippen LogP) is 0.862. The zero-order valence-electron chi connectivity index (χ0n) is 9.93. The van der Waals surface area contributed by atoms with Gasteiger partial charge in [-0.05, 0) is 30.8 Å². The van der Waals surface area contributed by atoms with Gasteiger partial charge in [0.1, 0.15) is 6.04 Å². The van der Waals surface area contributed by atoms with Crippen LogP contribution in [0.15, 0.2) is 0 Å². The third kappa shape index (κ3) is 10.1. The second-order valence-corrected chi connectivity index (χ2v) is 4.94. The van der Waals surface area contributed by atoms with E-state index < -0.39 is 12.0 Å². The number of carbonyl (C=O) groups is 2. The van der Waals surface area contributed by atoms with Gasteiger partial charge in [-0.1, -0.05) is 12.8 Å². The molecule has 0 aromatic carbocycles. The van der Waals surface area contributed by atoms with Crippen LogP contribution in [0.3, 0.4) is 0 Å². The molecule has 0 spiro atoms. The molecule has 17 heavy (non-hydrogen) atoms. The van der Waals surface area contributed by atoms with Crippen molar-refractivity contribution >= 4 is 24.1 Å². The fourth-order valence-corrected chi connectivity index (χ4v) is 2.35. The highest BCUT2D eigenvalue weighted by molar-refractivity contribution is 7.99. The lowest BCUT2D eigenvalue weighted by molar-refractivity contribution is -0.140. The van der Waals surface area contributed by atoms with Crippen molar-refractivity contribution in [3.8, 4) is 0 Å². The Hall–Kier alpha value is -0.750. The van der Waals surface area contributed by atoms with Crippen molar-refractivity contribution in [3.63, 3.8) is 0 Å². The van der Waals surface area contributed by atoms with E-state index in [2.05, 4.69) is 5.32 Å². The van der Waals surface area contributed by atoms with E-state index in [1.54, 1.807) is 11.8 Å². The molecule has 0 heterocycles. The second kappa shape index (κ2) is 11.7. The first-order valence-corrected chi connectivity index (χ1v) is 6.99. The highest BCUT2D eigenvalue weighted by Gasteiger charge is 2.14. The summed E-state index contributed by atoms with van der Waals surface area (Å²) in [7, 11) is 0. The Bertz CT molecular complexity index is 214. The van der Waals surface area contributed by atoms with Crippen molar-refractivity contribution in [2.45, 2.75) is 38.1 Å². The van der Waals surface area contributed by atoms with E-state index in [9.17, 15) is 9.59 Å². The Morgan fingerprint density at radius 2 is 1.94 bits per heavy atom. The number of hydrogen-bond donors (Lipinski definition) is 3. The monoisotopic (exact) mass is 263 g/mol. The molecule has 0 radical (unpaired) electrons. The van der Waals surface area contributed by atoms with Gasteiger partial charge in [-0.2, -0.15) is 11.8 Å². The lowest BCUT2D eigenvalue weighted by atomic mass is 10.2. The van der Waals surface area contributed by atoms with Crippen molar-refractivity contribution in [2.75, 3.05) is 18.1 Å². The van der Waals surface area contributed by atoms with E-state index in [4.69, 9.17) is 10.2 Å². The quantitative estimate of drug-likeness (QED) is 0.359. The molecule has 3 N–H and O–H groups in total. The summed E-state index contributed by atoms with van der Waals surface area (Å²) in [4.78, 5) is 20.8. The average Bonchev–Trinajstić information content (AvgIpc) is 2.31. The van der Waals surface area contributed by atoms with Crippen LogP contribution in [0.4, 0.5) is 0 Å². The van der Waals surface area contributed by atoms with Gasteiger partial charge in [0, 0.05) is 6.61 Å². The molecule has 0 fully saturated rings. The Kier molecular flexibility index (Phi) is 11.2. The van der Waals surface area contributed by atoms with Crippen LogP contribution in [-0.2, 0) is 9.59 Å². The summed E-state index contributed by atoms with van der Waals surface area (Å²) in [5.74, 6) is 0.747. The minimum Gasteiger partial charge on any atom is -0.480 e. The maximum Gasteiger partial charge on any atom is 0.326 e. The van der Waals surface area contributed by atoms with Crippen molar-refractivity contribution in [2.24, 2.45) is 0 Å². The van der Waals surface area contributed by atoms with Crippen molar-refractivity contribution in [3.05, 3.63) is 0 Å². The molecule has 100 valence electrons. The van der Waals surface area contributed by atoms with E-state index in [1.807, 2.05) is 0 Å². The van der Waals surface area contributed by atoms with Crippen LogP contribution in [0.2, 0.25) is 0 Å². The number of carboxylic acid groups (broad SMARTS) is 1. The van der Waals surface area contributed by atoms with E-state index in [-0.39, 0.29) is 6.61 Å². The number of aliphatic hydroxyl groups is 1. The number of hydrogen-bond acceptors (Lipinski definition) is 4. The van der Waals surface area contributed by atoms with Crippen molar-refractivity contribution in [1.82, 2.24) is 5.32 Å². The number of rotatable bonds is 12. The average molecular weight is 263 g/mol.